The van der Waals surface area contributed by atoms with Gasteiger partial charge < -0.3 is 15.3 Å². The van der Waals surface area contributed by atoms with Gasteiger partial charge in [0.15, 0.2) is 0 Å². The molecule has 0 aromatic rings. The summed E-state index contributed by atoms with van der Waals surface area (Å²) in [7, 11) is 0. The van der Waals surface area contributed by atoms with Crippen molar-refractivity contribution in [1.82, 2.24) is 0 Å². The third kappa shape index (κ3) is 3.05. The lowest BCUT2D eigenvalue weighted by molar-refractivity contribution is -0.175. The maximum atomic E-state index is 11.5. The molecule has 0 saturated heterocycles. The van der Waals surface area contributed by atoms with E-state index >= 15 is 0 Å². The Morgan fingerprint density at radius 3 is 2.50 bits per heavy atom. The Balaban J connectivity index is 1.56. The van der Waals surface area contributed by atoms with Crippen molar-refractivity contribution in [2.75, 3.05) is 0 Å². The largest absolute Gasteiger partial charge is 0.481 e. The van der Waals surface area contributed by atoms with E-state index in [-0.39, 0.29) is 29.5 Å². The van der Waals surface area contributed by atoms with Crippen molar-refractivity contribution in [1.29, 1.82) is 0 Å². The molecule has 10 atom stereocenters. The van der Waals surface area contributed by atoms with Gasteiger partial charge in [0, 0.05) is 6.42 Å². The molecule has 0 amide bonds. The van der Waals surface area contributed by atoms with Crippen LogP contribution in [0.1, 0.15) is 85.0 Å². The van der Waals surface area contributed by atoms with Gasteiger partial charge in [0.25, 0.3) is 0 Å². The molecule has 0 spiro atoms. The maximum absolute atomic E-state index is 11.5. The molecule has 0 aliphatic heterocycles. The van der Waals surface area contributed by atoms with Gasteiger partial charge >= 0.3 is 5.97 Å². The first-order valence-electron chi connectivity index (χ1n) is 11.8. The van der Waals surface area contributed by atoms with Crippen LogP contribution in [-0.2, 0) is 4.79 Å². The minimum absolute atomic E-state index is 0.0591. The Morgan fingerprint density at radius 2 is 1.79 bits per heavy atom. The number of hydrogen-bond acceptors (Lipinski definition) is 3. The van der Waals surface area contributed by atoms with Crippen molar-refractivity contribution in [2.45, 2.75) is 97.2 Å². The van der Waals surface area contributed by atoms with Crippen LogP contribution in [0.5, 0.6) is 0 Å². The topological polar surface area (TPSA) is 77.8 Å². The first-order valence-corrected chi connectivity index (χ1v) is 11.8. The van der Waals surface area contributed by atoms with Crippen LogP contribution in [0.15, 0.2) is 0 Å². The summed E-state index contributed by atoms with van der Waals surface area (Å²) >= 11 is 0. The molecule has 3 N–H and O–H groups in total. The fourth-order valence-corrected chi connectivity index (χ4v) is 8.71. The van der Waals surface area contributed by atoms with Gasteiger partial charge in [-0.3, -0.25) is 4.79 Å². The number of aliphatic hydroxyl groups is 2. The Morgan fingerprint density at radius 1 is 1.04 bits per heavy atom. The zero-order valence-corrected chi connectivity index (χ0v) is 17.9. The maximum Gasteiger partial charge on any atom is 0.303 e. The highest BCUT2D eigenvalue weighted by Crippen LogP contribution is 2.68. The molecule has 4 aliphatic rings. The third-order valence-electron chi connectivity index (χ3n) is 10.3. The van der Waals surface area contributed by atoms with E-state index in [4.69, 9.17) is 5.11 Å². The SMILES string of the molecule is C[C@H](CCC(=O)O)[C@H]1CC[C@H]2[C@@H]3CC[C@H]4C[C@@H](O)CC[C@]4(C)[C@H]3C[C@H](O)[C@]12C. The molecule has 4 rings (SSSR count). The number of carboxylic acid groups (broad SMARTS) is 1. The van der Waals surface area contributed by atoms with Crippen LogP contribution < -0.4 is 0 Å². The molecule has 160 valence electrons. The van der Waals surface area contributed by atoms with Crippen molar-refractivity contribution in [3.05, 3.63) is 0 Å². The van der Waals surface area contributed by atoms with Gasteiger partial charge in [-0.05, 0) is 104 Å². The lowest BCUT2D eigenvalue weighted by Gasteiger charge is -2.62. The van der Waals surface area contributed by atoms with Crippen molar-refractivity contribution < 1.29 is 20.1 Å². The van der Waals surface area contributed by atoms with Gasteiger partial charge in [-0.1, -0.05) is 20.8 Å². The molecule has 28 heavy (non-hydrogen) atoms. The van der Waals surface area contributed by atoms with E-state index in [9.17, 15) is 15.0 Å². The highest BCUT2D eigenvalue weighted by atomic mass is 16.4. The lowest BCUT2D eigenvalue weighted by atomic mass is 9.43. The second kappa shape index (κ2) is 7.27. The summed E-state index contributed by atoms with van der Waals surface area (Å²) in [4.78, 5) is 11.1. The van der Waals surface area contributed by atoms with Gasteiger partial charge in [-0.15, -0.1) is 0 Å². The van der Waals surface area contributed by atoms with E-state index in [1.54, 1.807) is 0 Å². The smallest absolute Gasteiger partial charge is 0.303 e. The molecule has 0 bridgehead atoms. The summed E-state index contributed by atoms with van der Waals surface area (Å²) in [6, 6.07) is 0. The minimum atomic E-state index is -0.707. The average molecular weight is 393 g/mol. The summed E-state index contributed by atoms with van der Waals surface area (Å²) in [5.41, 5.74) is 0.216. The van der Waals surface area contributed by atoms with Crippen LogP contribution in [0.2, 0.25) is 0 Å². The summed E-state index contributed by atoms with van der Waals surface area (Å²) in [5, 5.41) is 30.8. The molecule has 0 heterocycles. The van der Waals surface area contributed by atoms with Gasteiger partial charge in [-0.25, -0.2) is 0 Å². The highest BCUT2D eigenvalue weighted by molar-refractivity contribution is 5.66. The fraction of sp³-hybridized carbons (Fsp3) is 0.958. The van der Waals surface area contributed by atoms with Crippen LogP contribution in [0, 0.1) is 46.3 Å². The van der Waals surface area contributed by atoms with Crippen LogP contribution in [0.25, 0.3) is 0 Å². The zero-order valence-electron chi connectivity index (χ0n) is 17.9. The Labute approximate surface area is 170 Å². The fourth-order valence-electron chi connectivity index (χ4n) is 8.71. The molecule has 0 radical (unpaired) electrons. The first-order chi connectivity index (χ1) is 13.2. The standard InChI is InChI=1S/C24H40O4/c1-14(4-9-22(27)28)18-7-8-19-17-6-5-15-12-16(25)10-11-23(15,2)20(17)13-21(26)24(18,19)3/h14-21,25-26H,4-13H2,1-3H3,(H,27,28)/t14-,15+,16+,17+,18-,19+,20+,21+,23+,24-/m1/s1. The predicted octanol–water partition coefficient (Wildman–Crippen LogP) is 4.48. The number of carbonyl (C=O) groups is 1. The number of carboxylic acids is 1. The number of aliphatic carboxylic acids is 1. The molecular formula is C24H40O4. The van der Waals surface area contributed by atoms with E-state index in [1.165, 1.54) is 19.3 Å². The number of fused-ring (bicyclic) bond motifs is 5. The summed E-state index contributed by atoms with van der Waals surface area (Å²) < 4.78 is 0. The van der Waals surface area contributed by atoms with Crippen LogP contribution in [0.3, 0.4) is 0 Å². The number of rotatable bonds is 4. The van der Waals surface area contributed by atoms with Crippen LogP contribution >= 0.6 is 0 Å². The molecule has 4 fully saturated rings. The van der Waals surface area contributed by atoms with E-state index in [0.717, 1.165) is 38.5 Å². The Hall–Kier alpha value is -0.610. The Bertz CT molecular complexity index is 605. The normalized spacial score (nSPS) is 51.7. The zero-order chi connectivity index (χ0) is 20.3. The van der Waals surface area contributed by atoms with E-state index in [0.29, 0.717) is 35.5 Å². The van der Waals surface area contributed by atoms with E-state index < -0.39 is 5.97 Å². The van der Waals surface area contributed by atoms with Crippen LogP contribution in [0.4, 0.5) is 0 Å². The summed E-state index contributed by atoms with van der Waals surface area (Å²) in [6.07, 6.45) is 9.26. The van der Waals surface area contributed by atoms with Gasteiger partial charge in [-0.2, -0.15) is 0 Å². The second-order valence-electron chi connectivity index (χ2n) is 11.3. The molecule has 0 unspecified atom stereocenters. The quantitative estimate of drug-likeness (QED) is 0.659. The number of aliphatic hydroxyl groups excluding tert-OH is 2. The first kappa shape index (κ1) is 20.7. The van der Waals surface area contributed by atoms with Gasteiger partial charge in [0.1, 0.15) is 0 Å². The lowest BCUT2D eigenvalue weighted by Crippen LogP contribution is -2.58. The molecule has 0 aromatic carbocycles. The van der Waals surface area contributed by atoms with E-state index in [2.05, 4.69) is 20.8 Å². The molecule has 4 nitrogen and oxygen atoms in total. The van der Waals surface area contributed by atoms with E-state index in [1.807, 2.05) is 0 Å². The van der Waals surface area contributed by atoms with Crippen molar-refractivity contribution in [3.8, 4) is 0 Å². The average Bonchev–Trinajstić information content (AvgIpc) is 3.00. The molecule has 4 aliphatic carbocycles. The monoisotopic (exact) mass is 392 g/mol. The van der Waals surface area contributed by atoms with Crippen molar-refractivity contribution in [3.63, 3.8) is 0 Å². The van der Waals surface area contributed by atoms with Crippen LogP contribution in [-0.4, -0.2) is 33.5 Å². The Kier molecular flexibility index (Phi) is 5.36. The number of hydrogen-bond donors (Lipinski definition) is 3. The molecule has 0 aromatic heterocycles. The second-order valence-corrected chi connectivity index (χ2v) is 11.3. The minimum Gasteiger partial charge on any atom is -0.481 e. The highest BCUT2D eigenvalue weighted by Gasteiger charge is 2.63. The predicted molar refractivity (Wildman–Crippen MR) is 109 cm³/mol. The van der Waals surface area contributed by atoms with Gasteiger partial charge in [0.05, 0.1) is 12.2 Å². The summed E-state index contributed by atoms with van der Waals surface area (Å²) in [6.45, 7) is 6.99. The molecule has 4 heteroatoms. The molecule has 4 saturated carbocycles. The molecular weight excluding hydrogens is 352 g/mol. The third-order valence-corrected chi connectivity index (χ3v) is 10.3. The van der Waals surface area contributed by atoms with Crippen molar-refractivity contribution in [2.24, 2.45) is 46.3 Å². The van der Waals surface area contributed by atoms with Gasteiger partial charge in [0.2, 0.25) is 0 Å². The van der Waals surface area contributed by atoms with Crippen molar-refractivity contribution >= 4 is 5.97 Å². The summed E-state index contributed by atoms with van der Waals surface area (Å²) in [5.74, 6) is 2.55.